The van der Waals surface area contributed by atoms with E-state index >= 15 is 0 Å². The summed E-state index contributed by atoms with van der Waals surface area (Å²) in [6.07, 6.45) is 0. The maximum absolute atomic E-state index is 11.6. The third kappa shape index (κ3) is 4.28. The van der Waals surface area contributed by atoms with Crippen LogP contribution in [0, 0.1) is 6.92 Å². The Kier molecular flexibility index (Phi) is 5.02. The van der Waals surface area contributed by atoms with E-state index in [-0.39, 0.29) is 19.1 Å². The summed E-state index contributed by atoms with van der Waals surface area (Å²) in [5, 5.41) is 3.62. The van der Waals surface area contributed by atoms with E-state index in [2.05, 4.69) is 5.32 Å². The van der Waals surface area contributed by atoms with Gasteiger partial charge in [0, 0.05) is 16.3 Å². The Balaban J connectivity index is 1.78. The van der Waals surface area contributed by atoms with E-state index < -0.39 is 0 Å². The van der Waals surface area contributed by atoms with Crippen molar-refractivity contribution >= 4 is 23.3 Å². The molecule has 2 aromatic rings. The summed E-state index contributed by atoms with van der Waals surface area (Å²) in [5.74, 6) is -0.314. The Morgan fingerprint density at radius 2 is 1.85 bits per heavy atom. The summed E-state index contributed by atoms with van der Waals surface area (Å²) in [5.41, 5.74) is 2.87. The van der Waals surface area contributed by atoms with Crippen molar-refractivity contribution in [2.45, 2.75) is 13.5 Å². The van der Waals surface area contributed by atoms with Gasteiger partial charge < -0.3 is 10.1 Å². The molecule has 0 saturated carbocycles. The average Bonchev–Trinajstić information content (AvgIpc) is 2.46. The predicted octanol–water partition coefficient (Wildman–Crippen LogP) is 3.80. The Hall–Kier alpha value is -2.00. The smallest absolute Gasteiger partial charge is 0.325 e. The highest BCUT2D eigenvalue weighted by Crippen LogP contribution is 2.15. The fraction of sp³-hybridized carbons (Fsp3) is 0.188. The zero-order valence-electron chi connectivity index (χ0n) is 11.2. The van der Waals surface area contributed by atoms with Crippen LogP contribution in [0.15, 0.2) is 48.5 Å². The molecule has 104 valence electrons. The molecule has 0 bridgehead atoms. The second kappa shape index (κ2) is 6.96. The highest BCUT2D eigenvalue weighted by molar-refractivity contribution is 6.31. The molecule has 0 aromatic heterocycles. The second-order valence-corrected chi connectivity index (χ2v) is 4.88. The first-order valence-corrected chi connectivity index (χ1v) is 6.72. The number of benzene rings is 2. The van der Waals surface area contributed by atoms with Crippen LogP contribution in [0.3, 0.4) is 0 Å². The van der Waals surface area contributed by atoms with Gasteiger partial charge in [0.1, 0.15) is 13.2 Å². The summed E-state index contributed by atoms with van der Waals surface area (Å²) < 4.78 is 5.17. The Morgan fingerprint density at radius 3 is 2.55 bits per heavy atom. The molecular formula is C16H16ClNO2. The second-order valence-electron chi connectivity index (χ2n) is 4.47. The largest absolute Gasteiger partial charge is 0.459 e. The lowest BCUT2D eigenvalue weighted by Crippen LogP contribution is -2.16. The molecule has 0 aliphatic heterocycles. The van der Waals surface area contributed by atoms with Crippen LogP contribution in [-0.2, 0) is 16.1 Å². The molecule has 2 aromatic carbocycles. The van der Waals surface area contributed by atoms with Gasteiger partial charge in [0.05, 0.1) is 0 Å². The summed E-state index contributed by atoms with van der Waals surface area (Å²) in [4.78, 5) is 11.6. The van der Waals surface area contributed by atoms with E-state index in [4.69, 9.17) is 16.3 Å². The first-order chi connectivity index (χ1) is 9.65. The topological polar surface area (TPSA) is 38.3 Å². The van der Waals surface area contributed by atoms with Crippen molar-refractivity contribution in [3.05, 3.63) is 64.7 Å². The van der Waals surface area contributed by atoms with Crippen molar-refractivity contribution in [3.8, 4) is 0 Å². The number of hydrogen-bond donors (Lipinski definition) is 1. The molecule has 4 heteroatoms. The summed E-state index contributed by atoms with van der Waals surface area (Å²) >= 11 is 5.99. The molecule has 0 heterocycles. The zero-order chi connectivity index (χ0) is 14.4. The van der Waals surface area contributed by atoms with Crippen molar-refractivity contribution in [2.75, 3.05) is 11.9 Å². The third-order valence-electron chi connectivity index (χ3n) is 2.83. The lowest BCUT2D eigenvalue weighted by Gasteiger charge is -2.08. The molecule has 0 spiro atoms. The van der Waals surface area contributed by atoms with E-state index in [1.165, 1.54) is 5.56 Å². The van der Waals surface area contributed by atoms with Crippen molar-refractivity contribution in [1.29, 1.82) is 0 Å². The number of rotatable bonds is 5. The molecule has 0 amide bonds. The van der Waals surface area contributed by atoms with Crippen molar-refractivity contribution < 1.29 is 9.53 Å². The van der Waals surface area contributed by atoms with Crippen LogP contribution in [0.2, 0.25) is 5.02 Å². The quantitative estimate of drug-likeness (QED) is 0.851. The zero-order valence-corrected chi connectivity index (χ0v) is 12.0. The Morgan fingerprint density at radius 1 is 1.15 bits per heavy atom. The molecule has 0 aliphatic carbocycles. The van der Waals surface area contributed by atoms with E-state index in [1.807, 2.05) is 49.4 Å². The van der Waals surface area contributed by atoms with Gasteiger partial charge >= 0.3 is 5.97 Å². The lowest BCUT2D eigenvalue weighted by atomic mass is 10.2. The van der Waals surface area contributed by atoms with Crippen LogP contribution < -0.4 is 5.32 Å². The SMILES string of the molecule is Cc1ccc(NCC(=O)OCc2ccccc2Cl)cc1. The standard InChI is InChI=1S/C16H16ClNO2/c1-12-6-8-14(9-7-12)18-10-16(19)20-11-13-4-2-3-5-15(13)17/h2-9,18H,10-11H2,1H3. The first kappa shape index (κ1) is 14.4. The number of esters is 1. The fourth-order valence-electron chi connectivity index (χ4n) is 1.67. The van der Waals surface area contributed by atoms with Gasteiger partial charge in [-0.05, 0) is 25.1 Å². The molecule has 3 nitrogen and oxygen atoms in total. The average molecular weight is 290 g/mol. The van der Waals surface area contributed by atoms with E-state index in [0.717, 1.165) is 11.3 Å². The normalized spacial score (nSPS) is 10.1. The minimum absolute atomic E-state index is 0.132. The van der Waals surface area contributed by atoms with Crippen LogP contribution >= 0.6 is 11.6 Å². The van der Waals surface area contributed by atoms with Crippen molar-refractivity contribution in [3.63, 3.8) is 0 Å². The monoisotopic (exact) mass is 289 g/mol. The number of aryl methyl sites for hydroxylation is 1. The molecule has 0 saturated heterocycles. The molecule has 2 rings (SSSR count). The van der Waals surface area contributed by atoms with Crippen molar-refractivity contribution in [2.24, 2.45) is 0 Å². The molecule has 0 atom stereocenters. The van der Waals surface area contributed by atoms with Crippen LogP contribution in [-0.4, -0.2) is 12.5 Å². The maximum Gasteiger partial charge on any atom is 0.325 e. The van der Waals surface area contributed by atoms with Gasteiger partial charge in [-0.2, -0.15) is 0 Å². The van der Waals surface area contributed by atoms with Crippen LogP contribution in [0.25, 0.3) is 0 Å². The van der Waals surface area contributed by atoms with E-state index in [9.17, 15) is 4.79 Å². The van der Waals surface area contributed by atoms with Gasteiger partial charge in [-0.15, -0.1) is 0 Å². The Bertz CT molecular complexity index is 581. The number of halogens is 1. The van der Waals surface area contributed by atoms with Crippen LogP contribution in [0.5, 0.6) is 0 Å². The fourth-order valence-corrected chi connectivity index (χ4v) is 1.86. The predicted molar refractivity (Wildman–Crippen MR) is 80.9 cm³/mol. The third-order valence-corrected chi connectivity index (χ3v) is 3.20. The van der Waals surface area contributed by atoms with Gasteiger partial charge in [0.15, 0.2) is 0 Å². The molecular weight excluding hydrogens is 274 g/mol. The Labute approximate surface area is 123 Å². The summed E-state index contributed by atoms with van der Waals surface area (Å²) in [7, 11) is 0. The highest BCUT2D eigenvalue weighted by atomic mass is 35.5. The van der Waals surface area contributed by atoms with E-state index in [1.54, 1.807) is 6.07 Å². The first-order valence-electron chi connectivity index (χ1n) is 6.35. The number of hydrogen-bond acceptors (Lipinski definition) is 3. The van der Waals surface area contributed by atoms with Gasteiger partial charge in [-0.3, -0.25) is 4.79 Å². The number of carbonyl (C=O) groups is 1. The summed E-state index contributed by atoms with van der Waals surface area (Å²) in [6.45, 7) is 2.34. The van der Waals surface area contributed by atoms with Crippen LogP contribution in [0.4, 0.5) is 5.69 Å². The van der Waals surface area contributed by atoms with Gasteiger partial charge in [0.2, 0.25) is 0 Å². The van der Waals surface area contributed by atoms with Crippen molar-refractivity contribution in [1.82, 2.24) is 0 Å². The minimum Gasteiger partial charge on any atom is -0.459 e. The number of nitrogens with one attached hydrogen (secondary N) is 1. The van der Waals surface area contributed by atoms with Gasteiger partial charge in [0.25, 0.3) is 0 Å². The summed E-state index contributed by atoms with van der Waals surface area (Å²) in [6, 6.07) is 15.1. The van der Waals surface area contributed by atoms with Gasteiger partial charge in [-0.25, -0.2) is 0 Å². The molecule has 0 radical (unpaired) electrons. The molecule has 1 N–H and O–H groups in total. The minimum atomic E-state index is -0.314. The number of carbonyl (C=O) groups excluding carboxylic acids is 1. The molecule has 0 unspecified atom stereocenters. The molecule has 0 fully saturated rings. The number of anilines is 1. The van der Waals surface area contributed by atoms with Crippen LogP contribution in [0.1, 0.15) is 11.1 Å². The van der Waals surface area contributed by atoms with E-state index in [0.29, 0.717) is 5.02 Å². The molecule has 20 heavy (non-hydrogen) atoms. The molecule has 0 aliphatic rings. The maximum atomic E-state index is 11.6. The highest BCUT2D eigenvalue weighted by Gasteiger charge is 2.05. The lowest BCUT2D eigenvalue weighted by molar-refractivity contribution is -0.142. The van der Waals surface area contributed by atoms with Gasteiger partial charge in [-0.1, -0.05) is 47.5 Å². The number of ether oxygens (including phenoxy) is 1.